The van der Waals surface area contributed by atoms with Gasteiger partial charge in [-0.3, -0.25) is 0 Å². The maximum absolute atomic E-state index is 5.68. The molecule has 66 valence electrons. The molecular weight excluding hydrogens is 211 g/mol. The van der Waals surface area contributed by atoms with E-state index in [1.807, 2.05) is 0 Å². The van der Waals surface area contributed by atoms with E-state index in [2.05, 4.69) is 15.1 Å². The quantitative estimate of drug-likeness (QED) is 0.683. The van der Waals surface area contributed by atoms with E-state index in [-0.39, 0.29) is 0 Å². The SMILES string of the molecule is Clc1cnn(-c2nccc(Cl)n2)c1. The van der Waals surface area contributed by atoms with Crippen molar-refractivity contribution in [2.45, 2.75) is 0 Å². The Morgan fingerprint density at radius 3 is 2.77 bits per heavy atom. The topological polar surface area (TPSA) is 43.6 Å². The maximum Gasteiger partial charge on any atom is 0.251 e. The minimum Gasteiger partial charge on any atom is -0.220 e. The van der Waals surface area contributed by atoms with E-state index >= 15 is 0 Å². The molecule has 0 amide bonds. The van der Waals surface area contributed by atoms with Gasteiger partial charge in [-0.1, -0.05) is 23.2 Å². The smallest absolute Gasteiger partial charge is 0.220 e. The molecule has 4 nitrogen and oxygen atoms in total. The average molecular weight is 215 g/mol. The first-order chi connectivity index (χ1) is 6.25. The molecule has 0 radical (unpaired) electrons. The molecule has 2 rings (SSSR count). The van der Waals surface area contributed by atoms with Crippen LogP contribution < -0.4 is 0 Å². The summed E-state index contributed by atoms with van der Waals surface area (Å²) in [4.78, 5) is 7.92. The van der Waals surface area contributed by atoms with Gasteiger partial charge in [-0.15, -0.1) is 0 Å². The normalized spacial score (nSPS) is 10.3. The van der Waals surface area contributed by atoms with Gasteiger partial charge >= 0.3 is 0 Å². The van der Waals surface area contributed by atoms with Gasteiger partial charge in [0, 0.05) is 6.20 Å². The summed E-state index contributed by atoms with van der Waals surface area (Å²) in [6.07, 6.45) is 4.67. The van der Waals surface area contributed by atoms with Crippen molar-refractivity contribution >= 4 is 23.2 Å². The molecular formula is C7H4Cl2N4. The third-order valence-corrected chi connectivity index (χ3v) is 1.77. The summed E-state index contributed by atoms with van der Waals surface area (Å²) in [6, 6.07) is 1.59. The van der Waals surface area contributed by atoms with Gasteiger partial charge in [0.15, 0.2) is 0 Å². The molecule has 0 saturated heterocycles. The molecule has 2 heterocycles. The van der Waals surface area contributed by atoms with Crippen LogP contribution in [0.5, 0.6) is 0 Å². The molecule has 0 aliphatic carbocycles. The zero-order valence-electron chi connectivity index (χ0n) is 6.35. The van der Waals surface area contributed by atoms with E-state index in [9.17, 15) is 0 Å². The van der Waals surface area contributed by atoms with Crippen molar-refractivity contribution in [1.29, 1.82) is 0 Å². The lowest BCUT2D eigenvalue weighted by atomic mass is 10.7. The van der Waals surface area contributed by atoms with Gasteiger partial charge in [0.2, 0.25) is 0 Å². The molecule has 2 aromatic rings. The number of halogens is 2. The van der Waals surface area contributed by atoms with Crippen LogP contribution in [0, 0.1) is 0 Å². The highest BCUT2D eigenvalue weighted by Gasteiger charge is 2.01. The largest absolute Gasteiger partial charge is 0.251 e. The second-order valence-corrected chi connectivity index (χ2v) is 3.11. The Hall–Kier alpha value is -1.13. The first kappa shape index (κ1) is 8.47. The third kappa shape index (κ3) is 1.79. The summed E-state index contributed by atoms with van der Waals surface area (Å²) in [7, 11) is 0. The predicted molar refractivity (Wildman–Crippen MR) is 49.2 cm³/mol. The van der Waals surface area contributed by atoms with E-state index in [0.717, 1.165) is 0 Å². The van der Waals surface area contributed by atoms with E-state index < -0.39 is 0 Å². The van der Waals surface area contributed by atoms with Gasteiger partial charge in [-0.05, 0) is 6.07 Å². The number of hydrogen-bond donors (Lipinski definition) is 0. The van der Waals surface area contributed by atoms with E-state index in [0.29, 0.717) is 16.1 Å². The molecule has 2 aromatic heterocycles. The van der Waals surface area contributed by atoms with Gasteiger partial charge in [0.1, 0.15) is 5.15 Å². The molecule has 0 spiro atoms. The van der Waals surface area contributed by atoms with Crippen molar-refractivity contribution in [3.8, 4) is 5.95 Å². The highest BCUT2D eigenvalue weighted by Crippen LogP contribution is 2.09. The van der Waals surface area contributed by atoms with Crippen LogP contribution in [0.2, 0.25) is 10.2 Å². The summed E-state index contributed by atoms with van der Waals surface area (Å²) in [6.45, 7) is 0. The molecule has 13 heavy (non-hydrogen) atoms. The van der Waals surface area contributed by atoms with Crippen LogP contribution >= 0.6 is 23.2 Å². The van der Waals surface area contributed by atoms with Crippen molar-refractivity contribution in [3.63, 3.8) is 0 Å². The van der Waals surface area contributed by atoms with E-state index in [1.165, 1.54) is 10.9 Å². The Kier molecular flexibility index (Phi) is 2.16. The van der Waals surface area contributed by atoms with E-state index in [4.69, 9.17) is 23.2 Å². The Bertz CT molecular complexity index is 426. The zero-order chi connectivity index (χ0) is 9.26. The fraction of sp³-hybridized carbons (Fsp3) is 0. The Morgan fingerprint density at radius 2 is 2.15 bits per heavy atom. The lowest BCUT2D eigenvalue weighted by Crippen LogP contribution is -2.00. The minimum atomic E-state index is 0.372. The number of rotatable bonds is 1. The number of hydrogen-bond acceptors (Lipinski definition) is 3. The first-order valence-corrected chi connectivity index (χ1v) is 4.20. The Balaban J connectivity index is 2.46. The molecule has 0 bridgehead atoms. The van der Waals surface area contributed by atoms with Crippen molar-refractivity contribution in [2.24, 2.45) is 0 Å². The van der Waals surface area contributed by atoms with Crippen LogP contribution in [-0.4, -0.2) is 19.7 Å². The van der Waals surface area contributed by atoms with Crippen LogP contribution in [0.3, 0.4) is 0 Å². The summed E-state index contributed by atoms with van der Waals surface area (Å²) in [5.74, 6) is 0.402. The molecule has 0 aliphatic rings. The maximum atomic E-state index is 5.68. The van der Waals surface area contributed by atoms with Crippen LogP contribution in [0.25, 0.3) is 5.95 Å². The molecule has 0 N–H and O–H groups in total. The third-order valence-electron chi connectivity index (χ3n) is 1.36. The summed E-state index contributed by atoms with van der Waals surface area (Å²) in [5.41, 5.74) is 0. The highest BCUT2D eigenvalue weighted by molar-refractivity contribution is 6.30. The lowest BCUT2D eigenvalue weighted by Gasteiger charge is -1.97. The monoisotopic (exact) mass is 214 g/mol. The lowest BCUT2D eigenvalue weighted by molar-refractivity contribution is 0.808. The zero-order valence-corrected chi connectivity index (χ0v) is 7.87. The molecule has 0 atom stereocenters. The second kappa shape index (κ2) is 3.32. The molecule has 0 aromatic carbocycles. The van der Waals surface area contributed by atoms with Crippen molar-refractivity contribution in [1.82, 2.24) is 19.7 Å². The number of aromatic nitrogens is 4. The minimum absolute atomic E-state index is 0.372. The van der Waals surface area contributed by atoms with Crippen LogP contribution in [0.1, 0.15) is 0 Å². The molecule has 0 aliphatic heterocycles. The van der Waals surface area contributed by atoms with Gasteiger partial charge < -0.3 is 0 Å². The van der Waals surface area contributed by atoms with E-state index in [1.54, 1.807) is 18.5 Å². The summed E-state index contributed by atoms with van der Waals surface area (Å²) >= 11 is 11.4. The van der Waals surface area contributed by atoms with Gasteiger partial charge in [0.05, 0.1) is 17.4 Å². The average Bonchev–Trinajstić information content (AvgIpc) is 2.52. The van der Waals surface area contributed by atoms with Gasteiger partial charge in [-0.2, -0.15) is 10.1 Å². The summed E-state index contributed by atoms with van der Waals surface area (Å²) < 4.78 is 1.45. The van der Waals surface area contributed by atoms with Crippen molar-refractivity contribution < 1.29 is 0 Å². The standard InChI is InChI=1S/C7H4Cl2N4/c8-5-3-11-13(4-5)7-10-2-1-6(9)12-7/h1-4H. The number of nitrogens with zero attached hydrogens (tertiary/aromatic N) is 4. The van der Waals surface area contributed by atoms with Crippen molar-refractivity contribution in [3.05, 3.63) is 34.8 Å². The fourth-order valence-corrected chi connectivity index (χ4v) is 1.12. The molecule has 0 fully saturated rings. The van der Waals surface area contributed by atoms with Gasteiger partial charge in [0.25, 0.3) is 5.95 Å². The van der Waals surface area contributed by atoms with Crippen LogP contribution in [-0.2, 0) is 0 Å². The Labute approximate surface area is 84.1 Å². The fourth-order valence-electron chi connectivity index (χ4n) is 0.848. The molecule has 6 heteroatoms. The molecule has 0 unspecified atom stereocenters. The Morgan fingerprint density at radius 1 is 1.31 bits per heavy atom. The molecule has 0 saturated carbocycles. The second-order valence-electron chi connectivity index (χ2n) is 2.28. The van der Waals surface area contributed by atoms with Crippen LogP contribution in [0.15, 0.2) is 24.7 Å². The van der Waals surface area contributed by atoms with Gasteiger partial charge in [-0.25, -0.2) is 9.67 Å². The highest BCUT2D eigenvalue weighted by atomic mass is 35.5. The van der Waals surface area contributed by atoms with Crippen molar-refractivity contribution in [2.75, 3.05) is 0 Å². The van der Waals surface area contributed by atoms with Crippen LogP contribution in [0.4, 0.5) is 0 Å². The predicted octanol–water partition coefficient (Wildman–Crippen LogP) is 1.97. The summed E-state index contributed by atoms with van der Waals surface area (Å²) in [5, 5.41) is 4.83. The first-order valence-electron chi connectivity index (χ1n) is 3.45.